The minimum Gasteiger partial charge on any atom is -0.331 e. The smallest absolute Gasteiger partial charge is 0.288 e. The Balaban J connectivity index is 2.00. The van der Waals surface area contributed by atoms with Crippen molar-refractivity contribution >= 4 is 29.3 Å². The fourth-order valence-electron chi connectivity index (χ4n) is 2.65. The van der Waals surface area contributed by atoms with Gasteiger partial charge in [-0.15, -0.1) is 0 Å². The first-order chi connectivity index (χ1) is 11.0. The zero-order chi connectivity index (χ0) is 16.8. The van der Waals surface area contributed by atoms with Gasteiger partial charge in [0.1, 0.15) is 6.04 Å². The van der Waals surface area contributed by atoms with Crippen molar-refractivity contribution in [2.45, 2.75) is 49.3 Å². The van der Waals surface area contributed by atoms with E-state index in [1.54, 1.807) is 36.1 Å². The molecular weight excluding hydrogens is 322 g/mol. The maximum atomic E-state index is 12.4. The molecule has 1 aliphatic rings. The molecule has 0 saturated carbocycles. The first-order valence-electron chi connectivity index (χ1n) is 7.66. The Morgan fingerprint density at radius 1 is 1.30 bits per heavy atom. The van der Waals surface area contributed by atoms with Crippen LogP contribution in [-0.2, 0) is 9.59 Å². The summed E-state index contributed by atoms with van der Waals surface area (Å²) in [6.45, 7) is 2.39. The topological polar surface area (TPSA) is 49.4 Å². The Bertz CT molecular complexity index is 552. The second-order valence-electron chi connectivity index (χ2n) is 5.34. The number of rotatable bonds is 5. The molecule has 1 aromatic rings. The summed E-state index contributed by atoms with van der Waals surface area (Å²) < 4.78 is 24.6. The molecule has 2 rings (SSSR count). The molecule has 1 fully saturated rings. The summed E-state index contributed by atoms with van der Waals surface area (Å²) in [4.78, 5) is 26.5. The van der Waals surface area contributed by atoms with Crippen LogP contribution >= 0.6 is 11.8 Å². The predicted octanol–water partition coefficient (Wildman–Crippen LogP) is 3.73. The van der Waals surface area contributed by atoms with E-state index in [0.29, 0.717) is 41.7 Å². The van der Waals surface area contributed by atoms with E-state index in [4.69, 9.17) is 0 Å². The van der Waals surface area contributed by atoms with Crippen LogP contribution in [0, 0.1) is 0 Å². The molecule has 1 atom stereocenters. The molecule has 1 saturated heterocycles. The predicted molar refractivity (Wildman–Crippen MR) is 86.6 cm³/mol. The highest BCUT2D eigenvalue weighted by molar-refractivity contribution is 7.99. The summed E-state index contributed by atoms with van der Waals surface area (Å²) in [6.07, 6.45) is 2.85. The monoisotopic (exact) mass is 342 g/mol. The lowest BCUT2D eigenvalue weighted by molar-refractivity contribution is -0.140. The number of likely N-dealkylation sites (tertiary alicyclic amines) is 1. The Morgan fingerprint density at radius 2 is 2.00 bits per heavy atom. The van der Waals surface area contributed by atoms with Gasteiger partial charge in [-0.2, -0.15) is 8.78 Å². The third-order valence-electron chi connectivity index (χ3n) is 3.78. The van der Waals surface area contributed by atoms with E-state index in [-0.39, 0.29) is 11.8 Å². The first-order valence-corrected chi connectivity index (χ1v) is 8.54. The van der Waals surface area contributed by atoms with Crippen molar-refractivity contribution in [3.8, 4) is 0 Å². The average Bonchev–Trinajstić information content (AvgIpc) is 2.55. The number of nitrogens with one attached hydrogen (secondary N) is 1. The van der Waals surface area contributed by atoms with Gasteiger partial charge in [0.25, 0.3) is 5.76 Å². The number of hydrogen-bond donors (Lipinski definition) is 1. The van der Waals surface area contributed by atoms with Gasteiger partial charge in [0, 0.05) is 23.5 Å². The maximum Gasteiger partial charge on any atom is 0.288 e. The van der Waals surface area contributed by atoms with Gasteiger partial charge < -0.3 is 10.2 Å². The molecule has 4 nitrogen and oxygen atoms in total. The van der Waals surface area contributed by atoms with Gasteiger partial charge in [0.15, 0.2) is 0 Å². The Labute approximate surface area is 138 Å². The number of nitrogens with zero attached hydrogens (tertiary/aromatic N) is 1. The van der Waals surface area contributed by atoms with Crippen LogP contribution in [0.15, 0.2) is 29.2 Å². The van der Waals surface area contributed by atoms with Crippen LogP contribution in [0.2, 0.25) is 0 Å². The van der Waals surface area contributed by atoms with Crippen LogP contribution in [0.4, 0.5) is 14.5 Å². The van der Waals surface area contributed by atoms with Crippen molar-refractivity contribution in [1.29, 1.82) is 0 Å². The third kappa shape index (κ3) is 4.92. The summed E-state index contributed by atoms with van der Waals surface area (Å²) >= 11 is 0.462. The molecule has 0 bridgehead atoms. The zero-order valence-electron chi connectivity index (χ0n) is 12.9. The van der Waals surface area contributed by atoms with Gasteiger partial charge in [-0.25, -0.2) is 0 Å². The van der Waals surface area contributed by atoms with Crippen molar-refractivity contribution in [3.05, 3.63) is 24.3 Å². The molecule has 1 unspecified atom stereocenters. The molecule has 0 spiro atoms. The lowest BCUT2D eigenvalue weighted by atomic mass is 10.0. The lowest BCUT2D eigenvalue weighted by Crippen LogP contribution is -2.49. The van der Waals surface area contributed by atoms with Gasteiger partial charge >= 0.3 is 0 Å². The number of halogens is 2. The highest BCUT2D eigenvalue weighted by atomic mass is 32.2. The fourth-order valence-corrected chi connectivity index (χ4v) is 3.15. The minimum atomic E-state index is -2.47. The number of amides is 2. The zero-order valence-corrected chi connectivity index (χ0v) is 13.7. The van der Waals surface area contributed by atoms with Crippen LogP contribution < -0.4 is 5.32 Å². The van der Waals surface area contributed by atoms with Crippen molar-refractivity contribution in [2.75, 3.05) is 11.9 Å². The molecule has 0 aliphatic carbocycles. The van der Waals surface area contributed by atoms with E-state index in [0.717, 1.165) is 12.8 Å². The van der Waals surface area contributed by atoms with E-state index < -0.39 is 11.8 Å². The fraction of sp³-hybridized carbons (Fsp3) is 0.500. The molecule has 1 aliphatic heterocycles. The number of piperidine rings is 1. The largest absolute Gasteiger partial charge is 0.331 e. The second kappa shape index (κ2) is 8.29. The molecule has 7 heteroatoms. The van der Waals surface area contributed by atoms with Crippen LogP contribution in [-0.4, -0.2) is 35.1 Å². The second-order valence-corrected chi connectivity index (χ2v) is 6.41. The van der Waals surface area contributed by atoms with Gasteiger partial charge in [0.2, 0.25) is 11.8 Å². The van der Waals surface area contributed by atoms with Gasteiger partial charge in [-0.05, 0) is 43.5 Å². The van der Waals surface area contributed by atoms with E-state index in [1.165, 1.54) is 0 Å². The standard InChI is InChI=1S/C16H20F2N2O2S/c1-2-14(21)20-10-4-3-5-13(20)15(22)19-11-6-8-12(9-7-11)23-16(17)18/h6-9,13,16H,2-5,10H2,1H3,(H,19,22). The van der Waals surface area contributed by atoms with E-state index in [1.807, 2.05) is 0 Å². The lowest BCUT2D eigenvalue weighted by Gasteiger charge is -2.34. The number of benzene rings is 1. The molecule has 1 heterocycles. The number of carbonyl (C=O) groups excluding carboxylic acids is 2. The quantitative estimate of drug-likeness (QED) is 0.830. The summed E-state index contributed by atoms with van der Waals surface area (Å²) in [5.74, 6) is -2.71. The summed E-state index contributed by atoms with van der Waals surface area (Å²) in [5, 5.41) is 2.77. The van der Waals surface area contributed by atoms with Crippen molar-refractivity contribution in [3.63, 3.8) is 0 Å². The number of hydrogen-bond acceptors (Lipinski definition) is 3. The number of thioether (sulfide) groups is 1. The van der Waals surface area contributed by atoms with Crippen LogP contribution in [0.5, 0.6) is 0 Å². The molecule has 126 valence electrons. The molecule has 0 aromatic heterocycles. The van der Waals surface area contributed by atoms with E-state index in [9.17, 15) is 18.4 Å². The van der Waals surface area contributed by atoms with Crippen molar-refractivity contribution < 1.29 is 18.4 Å². The number of alkyl halides is 2. The van der Waals surface area contributed by atoms with Crippen LogP contribution in [0.1, 0.15) is 32.6 Å². The Kier molecular flexibility index (Phi) is 6.38. The number of carbonyl (C=O) groups is 2. The average molecular weight is 342 g/mol. The SMILES string of the molecule is CCC(=O)N1CCCCC1C(=O)Nc1ccc(SC(F)F)cc1. The highest BCUT2D eigenvalue weighted by Gasteiger charge is 2.31. The third-order valence-corrected chi connectivity index (χ3v) is 4.50. The van der Waals surface area contributed by atoms with E-state index in [2.05, 4.69) is 5.32 Å². The number of anilines is 1. The minimum absolute atomic E-state index is 0.0199. The van der Waals surface area contributed by atoms with Crippen LogP contribution in [0.25, 0.3) is 0 Å². The van der Waals surface area contributed by atoms with Gasteiger partial charge in [-0.3, -0.25) is 9.59 Å². The summed E-state index contributed by atoms with van der Waals surface area (Å²) in [7, 11) is 0. The highest BCUT2D eigenvalue weighted by Crippen LogP contribution is 2.26. The summed E-state index contributed by atoms with van der Waals surface area (Å²) in [5.41, 5.74) is 0.545. The molecule has 1 aromatic carbocycles. The van der Waals surface area contributed by atoms with Gasteiger partial charge in [-0.1, -0.05) is 18.7 Å². The molecule has 1 N–H and O–H groups in total. The van der Waals surface area contributed by atoms with Crippen molar-refractivity contribution in [2.24, 2.45) is 0 Å². The van der Waals surface area contributed by atoms with Gasteiger partial charge in [0.05, 0.1) is 0 Å². The van der Waals surface area contributed by atoms with E-state index >= 15 is 0 Å². The maximum absolute atomic E-state index is 12.4. The first kappa shape index (κ1) is 17.7. The summed E-state index contributed by atoms with van der Waals surface area (Å²) in [6, 6.07) is 5.82. The Morgan fingerprint density at radius 3 is 2.61 bits per heavy atom. The normalized spacial score (nSPS) is 18.1. The Hall–Kier alpha value is -1.63. The van der Waals surface area contributed by atoms with Crippen LogP contribution in [0.3, 0.4) is 0 Å². The van der Waals surface area contributed by atoms with Crippen molar-refractivity contribution in [1.82, 2.24) is 4.90 Å². The molecule has 23 heavy (non-hydrogen) atoms. The molecular formula is C16H20F2N2O2S. The molecule has 2 amide bonds. The molecule has 0 radical (unpaired) electrons.